The molecule has 3 atom stereocenters. The Kier molecular flexibility index (Phi) is 7.91. The van der Waals surface area contributed by atoms with E-state index in [0.717, 1.165) is 31.2 Å². The zero-order valence-corrected chi connectivity index (χ0v) is 19.2. The topological polar surface area (TPSA) is 98.7 Å². The molecule has 1 saturated heterocycles. The van der Waals surface area contributed by atoms with Crippen LogP contribution in [0.5, 0.6) is 0 Å². The van der Waals surface area contributed by atoms with Crippen molar-refractivity contribution in [3.8, 4) is 3.81 Å². The van der Waals surface area contributed by atoms with Gasteiger partial charge in [-0.3, -0.25) is 0 Å². The minimum atomic E-state index is -0.778. The molecule has 1 aliphatic heterocycles. The molecule has 0 unspecified atom stereocenters. The van der Waals surface area contributed by atoms with Crippen LogP contribution in [0.3, 0.4) is 0 Å². The fourth-order valence-electron chi connectivity index (χ4n) is 4.13. The number of hydroxylamine groups is 1. The average molecular weight is 525 g/mol. The van der Waals surface area contributed by atoms with E-state index in [9.17, 15) is 19.6 Å². The van der Waals surface area contributed by atoms with Crippen LogP contribution in [-0.2, 0) is 14.4 Å². The molecule has 1 saturated carbocycles. The first-order valence-electron chi connectivity index (χ1n) is 10.5. The fraction of sp³-hybridized carbons (Fsp3) is 0.545. The quantitative estimate of drug-likeness (QED) is 0.290. The van der Waals surface area contributed by atoms with Crippen LogP contribution in [0.25, 0.3) is 0 Å². The second kappa shape index (κ2) is 10.4. The zero-order valence-electron chi connectivity index (χ0n) is 17.1. The molecular weight excluding hydrogens is 497 g/mol. The molecule has 1 aliphatic carbocycles. The number of piperidine rings is 1. The van der Waals surface area contributed by atoms with Crippen LogP contribution in [0.1, 0.15) is 62.5 Å². The van der Waals surface area contributed by atoms with Crippen molar-refractivity contribution in [1.29, 1.82) is 0 Å². The Balaban J connectivity index is 1.93. The average Bonchev–Trinajstić information content (AvgIpc) is 3.60. The standard InChI is InChI=1S/C22H28IN3O4/c1-2-17(20(27)25-30)19(15-8-6-14(13-23)7-9-15)22(29)26-12-4-3-5-18(26)21(28)24-16-10-11-16/h6-9,16-19,30H,2-5,10-12H2,1H3,(H,24,28)(H,25,27)/t17-,18-,19+/m0/s1. The van der Waals surface area contributed by atoms with Crippen molar-refractivity contribution >= 4 is 39.6 Å². The Morgan fingerprint density at radius 1 is 1.20 bits per heavy atom. The first kappa shape index (κ1) is 22.8. The molecule has 0 radical (unpaired) electrons. The predicted molar refractivity (Wildman–Crippen MR) is 120 cm³/mol. The van der Waals surface area contributed by atoms with Gasteiger partial charge in [0.05, 0.1) is 0 Å². The first-order chi connectivity index (χ1) is 14.5. The van der Waals surface area contributed by atoms with E-state index in [1.807, 2.05) is 53.1 Å². The molecule has 3 rings (SSSR count). The van der Waals surface area contributed by atoms with Crippen molar-refractivity contribution in [3.63, 3.8) is 0 Å². The van der Waals surface area contributed by atoms with Crippen molar-refractivity contribution < 1.29 is 19.6 Å². The van der Waals surface area contributed by atoms with Crippen LogP contribution in [-0.4, -0.2) is 46.5 Å². The van der Waals surface area contributed by atoms with Crippen molar-refractivity contribution in [3.05, 3.63) is 35.4 Å². The Morgan fingerprint density at radius 2 is 1.90 bits per heavy atom. The normalized spacial score (nSPS) is 20.6. The third-order valence-electron chi connectivity index (χ3n) is 5.95. The summed E-state index contributed by atoms with van der Waals surface area (Å²) in [5, 5.41) is 12.3. The zero-order chi connectivity index (χ0) is 21.7. The Hall–Kier alpha value is -1.90. The molecule has 1 aromatic rings. The Labute approximate surface area is 189 Å². The number of nitrogens with zero attached hydrogens (tertiary/aromatic N) is 1. The summed E-state index contributed by atoms with van der Waals surface area (Å²) < 4.78 is 3.01. The van der Waals surface area contributed by atoms with E-state index < -0.39 is 23.8 Å². The number of likely N-dealkylation sites (tertiary alicyclic amines) is 1. The van der Waals surface area contributed by atoms with Gasteiger partial charge >= 0.3 is 177 Å². The number of hydrogen-bond donors (Lipinski definition) is 3. The predicted octanol–water partition coefficient (Wildman–Crippen LogP) is 2.70. The molecule has 0 spiro atoms. The Morgan fingerprint density at radius 3 is 2.47 bits per heavy atom. The van der Waals surface area contributed by atoms with Gasteiger partial charge in [-0.2, -0.15) is 0 Å². The summed E-state index contributed by atoms with van der Waals surface area (Å²) >= 11 is 2.03. The van der Waals surface area contributed by atoms with Gasteiger partial charge in [0.2, 0.25) is 0 Å². The number of nitrogens with one attached hydrogen (secondary N) is 2. The number of carbonyl (C=O) groups excluding carboxylic acids is 3. The summed E-state index contributed by atoms with van der Waals surface area (Å²) in [7, 11) is 0. The van der Waals surface area contributed by atoms with Crippen molar-refractivity contribution in [1.82, 2.24) is 15.7 Å². The van der Waals surface area contributed by atoms with E-state index in [2.05, 4.69) is 9.13 Å². The van der Waals surface area contributed by atoms with E-state index in [1.165, 1.54) is 0 Å². The third-order valence-corrected chi connectivity index (χ3v) is 6.57. The fourth-order valence-corrected chi connectivity index (χ4v) is 4.49. The molecule has 7 nitrogen and oxygen atoms in total. The molecule has 162 valence electrons. The molecule has 2 fully saturated rings. The van der Waals surface area contributed by atoms with Crippen LogP contribution >= 0.6 is 21.9 Å². The molecule has 30 heavy (non-hydrogen) atoms. The van der Waals surface area contributed by atoms with Gasteiger partial charge in [0, 0.05) is 0 Å². The summed E-state index contributed by atoms with van der Waals surface area (Å²) in [4.78, 5) is 40.6. The minimum absolute atomic E-state index is 0.103. The number of amides is 3. The van der Waals surface area contributed by atoms with Crippen molar-refractivity contribution in [2.75, 3.05) is 6.54 Å². The molecule has 3 N–H and O–H groups in total. The van der Waals surface area contributed by atoms with Crippen LogP contribution in [0, 0.1) is 9.73 Å². The molecule has 0 aromatic heterocycles. The van der Waals surface area contributed by atoms with Gasteiger partial charge in [-0.1, -0.05) is 0 Å². The number of hydrogen-bond acceptors (Lipinski definition) is 4. The SMILES string of the molecule is CC[C@H](C(=O)NO)[C@H](C(=O)N1CCCC[C@H]1C(=O)NC1CC1)c1ccc(C#I)cc1. The summed E-state index contributed by atoms with van der Waals surface area (Å²) in [6.45, 7) is 2.30. The van der Waals surface area contributed by atoms with Crippen molar-refractivity contribution in [2.45, 2.75) is 63.5 Å². The van der Waals surface area contributed by atoms with Gasteiger partial charge in [0.1, 0.15) is 0 Å². The van der Waals surface area contributed by atoms with Gasteiger partial charge in [-0.05, 0) is 12.8 Å². The van der Waals surface area contributed by atoms with E-state index in [1.54, 1.807) is 10.4 Å². The van der Waals surface area contributed by atoms with Gasteiger partial charge < -0.3 is 0 Å². The molecular formula is C22H28IN3O4. The summed E-state index contributed by atoms with van der Waals surface area (Å²) in [5.41, 5.74) is 3.28. The van der Waals surface area contributed by atoms with Gasteiger partial charge in [-0.25, -0.2) is 0 Å². The number of benzene rings is 1. The Bertz CT molecular complexity index is 832. The second-order valence-corrected chi connectivity index (χ2v) is 8.55. The van der Waals surface area contributed by atoms with Crippen LogP contribution in [0.2, 0.25) is 0 Å². The van der Waals surface area contributed by atoms with Crippen LogP contribution in [0.4, 0.5) is 0 Å². The third kappa shape index (κ3) is 5.22. The summed E-state index contributed by atoms with van der Waals surface area (Å²) in [6.07, 6.45) is 4.69. The second-order valence-electron chi connectivity index (χ2n) is 8.01. The maximum absolute atomic E-state index is 13.8. The van der Waals surface area contributed by atoms with E-state index in [0.29, 0.717) is 24.9 Å². The molecule has 1 heterocycles. The van der Waals surface area contributed by atoms with Crippen LogP contribution in [0.15, 0.2) is 24.3 Å². The van der Waals surface area contributed by atoms with Crippen molar-refractivity contribution in [2.24, 2.45) is 5.92 Å². The molecule has 3 amide bonds. The molecule has 1 aromatic carbocycles. The number of rotatable bonds is 7. The monoisotopic (exact) mass is 525 g/mol. The van der Waals surface area contributed by atoms with E-state index >= 15 is 0 Å². The van der Waals surface area contributed by atoms with Crippen LogP contribution < -0.4 is 10.8 Å². The van der Waals surface area contributed by atoms with Gasteiger partial charge in [0.25, 0.3) is 0 Å². The number of carbonyl (C=O) groups is 3. The summed E-state index contributed by atoms with van der Waals surface area (Å²) in [6, 6.07) is 7.04. The molecule has 0 bridgehead atoms. The van der Waals surface area contributed by atoms with E-state index in [-0.39, 0.29) is 17.9 Å². The number of halogens is 1. The molecule has 2 aliphatic rings. The van der Waals surface area contributed by atoms with Gasteiger partial charge in [-0.15, -0.1) is 0 Å². The maximum atomic E-state index is 13.8. The van der Waals surface area contributed by atoms with Gasteiger partial charge in [0.15, 0.2) is 0 Å². The first-order valence-corrected chi connectivity index (χ1v) is 11.6. The molecule has 8 heteroatoms. The van der Waals surface area contributed by atoms with E-state index in [4.69, 9.17) is 0 Å². The summed E-state index contributed by atoms with van der Waals surface area (Å²) in [5.74, 6) is -2.46.